The summed E-state index contributed by atoms with van der Waals surface area (Å²) < 4.78 is 30.6. The first-order chi connectivity index (χ1) is 9.38. The van der Waals surface area contributed by atoms with E-state index in [1.54, 1.807) is 6.92 Å². The Kier molecular flexibility index (Phi) is 5.67. The summed E-state index contributed by atoms with van der Waals surface area (Å²) in [5, 5.41) is 8.65. The monoisotopic (exact) mass is 296 g/mol. The van der Waals surface area contributed by atoms with Gasteiger partial charge >= 0.3 is 0 Å². The minimum Gasteiger partial charge on any atom is -0.369 e. The van der Waals surface area contributed by atoms with Gasteiger partial charge in [-0.3, -0.25) is 9.52 Å². The third-order valence-corrected chi connectivity index (χ3v) is 3.71. The maximum absolute atomic E-state index is 11.8. The highest BCUT2D eigenvalue weighted by molar-refractivity contribution is 7.89. The van der Waals surface area contributed by atoms with Crippen LogP contribution in [0.5, 0.6) is 0 Å². The van der Waals surface area contributed by atoms with Crippen LogP contribution in [0.3, 0.4) is 0 Å². The van der Waals surface area contributed by atoms with Crippen molar-refractivity contribution in [2.45, 2.75) is 25.7 Å². The SMILES string of the molecule is CCOC(C)C(=O)NS(=O)(=O)Cc1ccc(C#N)cc1. The molecule has 0 aromatic heterocycles. The number of hydrogen-bond acceptors (Lipinski definition) is 5. The molecular weight excluding hydrogens is 280 g/mol. The van der Waals surface area contributed by atoms with Crippen molar-refractivity contribution >= 4 is 15.9 Å². The molecule has 1 aromatic rings. The zero-order valence-electron chi connectivity index (χ0n) is 11.3. The predicted octanol–water partition coefficient (Wildman–Crippen LogP) is 0.929. The van der Waals surface area contributed by atoms with Crippen molar-refractivity contribution in [3.63, 3.8) is 0 Å². The van der Waals surface area contributed by atoms with Gasteiger partial charge in [-0.15, -0.1) is 0 Å². The lowest BCUT2D eigenvalue weighted by Crippen LogP contribution is -2.39. The van der Waals surface area contributed by atoms with Gasteiger partial charge in [-0.25, -0.2) is 8.42 Å². The average molecular weight is 296 g/mol. The summed E-state index contributed by atoms with van der Waals surface area (Å²) in [6.07, 6.45) is -0.823. The number of sulfonamides is 1. The maximum Gasteiger partial charge on any atom is 0.262 e. The highest BCUT2D eigenvalue weighted by Gasteiger charge is 2.20. The molecule has 1 rings (SSSR count). The van der Waals surface area contributed by atoms with E-state index in [-0.39, 0.29) is 5.75 Å². The number of rotatable bonds is 6. The van der Waals surface area contributed by atoms with Gasteiger partial charge in [-0.05, 0) is 31.5 Å². The van der Waals surface area contributed by atoms with Gasteiger partial charge in [0.2, 0.25) is 10.0 Å². The third-order valence-electron chi connectivity index (χ3n) is 2.48. The Morgan fingerprint density at radius 2 is 2.00 bits per heavy atom. The van der Waals surface area contributed by atoms with Crippen molar-refractivity contribution in [2.24, 2.45) is 0 Å². The molecule has 20 heavy (non-hydrogen) atoms. The Morgan fingerprint density at radius 1 is 1.40 bits per heavy atom. The molecule has 0 saturated carbocycles. The molecule has 1 unspecified atom stereocenters. The third kappa shape index (κ3) is 4.99. The predicted molar refractivity (Wildman–Crippen MR) is 73.0 cm³/mol. The van der Waals surface area contributed by atoms with Crippen molar-refractivity contribution < 1.29 is 17.9 Å². The van der Waals surface area contributed by atoms with Crippen LogP contribution in [0.1, 0.15) is 25.0 Å². The van der Waals surface area contributed by atoms with Crippen LogP contribution >= 0.6 is 0 Å². The molecule has 0 fully saturated rings. The number of benzene rings is 1. The smallest absolute Gasteiger partial charge is 0.262 e. The summed E-state index contributed by atoms with van der Waals surface area (Å²) in [5.74, 6) is -1.02. The fourth-order valence-corrected chi connectivity index (χ4v) is 2.67. The summed E-state index contributed by atoms with van der Waals surface area (Å²) in [7, 11) is -3.78. The van der Waals surface area contributed by atoms with Gasteiger partial charge in [0, 0.05) is 6.61 Å². The highest BCUT2D eigenvalue weighted by atomic mass is 32.2. The summed E-state index contributed by atoms with van der Waals surface area (Å²) in [5.41, 5.74) is 0.938. The Balaban J connectivity index is 2.70. The normalized spacial score (nSPS) is 12.4. The number of amides is 1. The first-order valence-electron chi connectivity index (χ1n) is 6.03. The molecule has 0 heterocycles. The fourth-order valence-electron chi connectivity index (χ4n) is 1.49. The van der Waals surface area contributed by atoms with Crippen molar-refractivity contribution in [1.82, 2.24) is 4.72 Å². The zero-order valence-corrected chi connectivity index (χ0v) is 12.1. The van der Waals surface area contributed by atoms with E-state index in [0.29, 0.717) is 17.7 Å². The van der Waals surface area contributed by atoms with E-state index >= 15 is 0 Å². The summed E-state index contributed by atoms with van der Waals surface area (Å²) in [4.78, 5) is 11.6. The minimum absolute atomic E-state index is 0.324. The van der Waals surface area contributed by atoms with Gasteiger partial charge in [0.25, 0.3) is 5.91 Å². The van der Waals surface area contributed by atoms with Crippen molar-refractivity contribution in [2.75, 3.05) is 6.61 Å². The molecule has 0 aliphatic heterocycles. The van der Waals surface area contributed by atoms with Crippen LogP contribution in [0, 0.1) is 11.3 Å². The molecule has 0 bridgehead atoms. The van der Waals surface area contributed by atoms with Gasteiger partial charge in [0.1, 0.15) is 6.10 Å². The van der Waals surface area contributed by atoms with Gasteiger partial charge < -0.3 is 4.74 Å². The van der Waals surface area contributed by atoms with Crippen molar-refractivity contribution in [3.8, 4) is 6.07 Å². The molecule has 6 nitrogen and oxygen atoms in total. The van der Waals surface area contributed by atoms with E-state index in [9.17, 15) is 13.2 Å². The molecule has 7 heteroatoms. The molecule has 0 radical (unpaired) electrons. The van der Waals surface area contributed by atoms with Crippen LogP contribution in [-0.2, 0) is 25.3 Å². The van der Waals surface area contributed by atoms with E-state index in [4.69, 9.17) is 10.00 Å². The number of nitrogens with zero attached hydrogens (tertiary/aromatic N) is 1. The summed E-state index contributed by atoms with van der Waals surface area (Å²) >= 11 is 0. The number of carbonyl (C=O) groups excluding carboxylic acids is 1. The molecule has 1 atom stereocenters. The van der Waals surface area contributed by atoms with Gasteiger partial charge in [0.05, 0.1) is 17.4 Å². The Morgan fingerprint density at radius 3 is 2.50 bits per heavy atom. The van der Waals surface area contributed by atoms with E-state index in [0.717, 1.165) is 0 Å². The molecule has 0 aliphatic rings. The molecule has 1 amide bonds. The summed E-state index contributed by atoms with van der Waals surface area (Å²) in [6, 6.07) is 8.06. The minimum atomic E-state index is -3.78. The van der Waals surface area contributed by atoms with Crippen LogP contribution in [0.4, 0.5) is 0 Å². The van der Waals surface area contributed by atoms with Gasteiger partial charge in [-0.2, -0.15) is 5.26 Å². The number of hydrogen-bond donors (Lipinski definition) is 1. The first kappa shape index (κ1) is 16.1. The molecule has 0 spiro atoms. The largest absolute Gasteiger partial charge is 0.369 e. The highest BCUT2D eigenvalue weighted by Crippen LogP contribution is 2.07. The van der Waals surface area contributed by atoms with E-state index in [2.05, 4.69) is 0 Å². The second-order valence-electron chi connectivity index (χ2n) is 4.13. The molecule has 1 aromatic carbocycles. The van der Waals surface area contributed by atoms with E-state index in [1.807, 2.05) is 10.8 Å². The lowest BCUT2D eigenvalue weighted by Gasteiger charge is -2.12. The second-order valence-corrected chi connectivity index (χ2v) is 5.85. The van der Waals surface area contributed by atoms with Gasteiger partial charge in [0.15, 0.2) is 0 Å². The Hall–Kier alpha value is -1.91. The van der Waals surface area contributed by atoms with E-state index in [1.165, 1.54) is 31.2 Å². The number of nitriles is 1. The maximum atomic E-state index is 11.8. The van der Waals surface area contributed by atoms with Crippen molar-refractivity contribution in [1.29, 1.82) is 5.26 Å². The number of ether oxygens (including phenoxy) is 1. The number of carbonyl (C=O) groups is 1. The summed E-state index contributed by atoms with van der Waals surface area (Å²) in [6.45, 7) is 3.52. The molecule has 1 N–H and O–H groups in total. The van der Waals surface area contributed by atoms with Crippen molar-refractivity contribution in [3.05, 3.63) is 35.4 Å². The molecular formula is C13H16N2O4S. The molecule has 108 valence electrons. The molecule has 0 aliphatic carbocycles. The number of nitrogens with one attached hydrogen (secondary N) is 1. The zero-order chi connectivity index (χ0) is 15.2. The fraction of sp³-hybridized carbons (Fsp3) is 0.385. The second kappa shape index (κ2) is 7.03. The van der Waals surface area contributed by atoms with Crippen LogP contribution in [0.2, 0.25) is 0 Å². The van der Waals surface area contributed by atoms with Crippen LogP contribution in [0.25, 0.3) is 0 Å². The van der Waals surface area contributed by atoms with E-state index < -0.39 is 22.0 Å². The standard InChI is InChI=1S/C13H16N2O4S/c1-3-19-10(2)13(16)15-20(17,18)9-12-6-4-11(8-14)5-7-12/h4-7,10H,3,9H2,1-2H3,(H,15,16). The first-order valence-corrected chi connectivity index (χ1v) is 7.68. The van der Waals surface area contributed by atoms with Crippen LogP contribution in [-0.4, -0.2) is 27.0 Å². The topological polar surface area (TPSA) is 96.3 Å². The Bertz CT molecular complexity index is 602. The average Bonchev–Trinajstić information content (AvgIpc) is 2.38. The quantitative estimate of drug-likeness (QED) is 0.842. The molecule has 0 saturated heterocycles. The lowest BCUT2D eigenvalue weighted by atomic mass is 10.2. The van der Waals surface area contributed by atoms with Gasteiger partial charge in [-0.1, -0.05) is 12.1 Å². The van der Waals surface area contributed by atoms with Crippen LogP contribution in [0.15, 0.2) is 24.3 Å². The Labute approximate surface area is 118 Å². The lowest BCUT2D eigenvalue weighted by molar-refractivity contribution is -0.129. The van der Waals surface area contributed by atoms with Crippen LogP contribution < -0.4 is 4.72 Å².